The van der Waals surface area contributed by atoms with Crippen LogP contribution >= 0.6 is 0 Å². The zero-order valence-electron chi connectivity index (χ0n) is 10.2. The highest BCUT2D eigenvalue weighted by atomic mass is 19.1. The molecular weight excluding hydrogens is 231 g/mol. The number of anilines is 1. The third-order valence-electron chi connectivity index (χ3n) is 4.00. The largest absolute Gasteiger partial charge is 0.326 e. The van der Waals surface area contributed by atoms with Crippen molar-refractivity contribution in [2.24, 2.45) is 5.92 Å². The molecule has 96 valence electrons. The predicted molar refractivity (Wildman–Crippen MR) is 68.0 cm³/mol. The summed E-state index contributed by atoms with van der Waals surface area (Å²) in [4.78, 5) is 11.7. The number of rotatable bonds is 1. The molecule has 2 aliphatic heterocycles. The summed E-state index contributed by atoms with van der Waals surface area (Å²) in [6.45, 7) is 2.01. The van der Waals surface area contributed by atoms with Crippen LogP contribution in [0.3, 0.4) is 0 Å². The SMILES string of the molecule is O=C1CC(C2CCCNC2)c2ccc(F)cc2N1. The van der Waals surface area contributed by atoms with E-state index in [4.69, 9.17) is 0 Å². The smallest absolute Gasteiger partial charge is 0.225 e. The zero-order valence-corrected chi connectivity index (χ0v) is 10.2. The van der Waals surface area contributed by atoms with Gasteiger partial charge in [0.1, 0.15) is 5.82 Å². The Labute approximate surface area is 106 Å². The van der Waals surface area contributed by atoms with Gasteiger partial charge < -0.3 is 10.6 Å². The van der Waals surface area contributed by atoms with Crippen LogP contribution in [0.5, 0.6) is 0 Å². The summed E-state index contributed by atoms with van der Waals surface area (Å²) in [5, 5.41) is 6.15. The van der Waals surface area contributed by atoms with Crippen molar-refractivity contribution in [2.45, 2.75) is 25.2 Å². The van der Waals surface area contributed by atoms with Crippen LogP contribution in [0.1, 0.15) is 30.7 Å². The minimum atomic E-state index is -0.295. The topological polar surface area (TPSA) is 41.1 Å². The quantitative estimate of drug-likeness (QED) is 0.800. The summed E-state index contributed by atoms with van der Waals surface area (Å²) in [6.07, 6.45) is 2.81. The van der Waals surface area contributed by atoms with E-state index in [1.165, 1.54) is 12.1 Å². The van der Waals surface area contributed by atoms with E-state index in [-0.39, 0.29) is 17.6 Å². The van der Waals surface area contributed by atoms with Gasteiger partial charge in [-0.25, -0.2) is 4.39 Å². The van der Waals surface area contributed by atoms with E-state index in [1.54, 1.807) is 0 Å². The van der Waals surface area contributed by atoms with Crippen LogP contribution in [-0.2, 0) is 4.79 Å². The fourth-order valence-corrected chi connectivity index (χ4v) is 3.11. The molecule has 0 spiro atoms. The summed E-state index contributed by atoms with van der Waals surface area (Å²) >= 11 is 0. The standard InChI is InChI=1S/C14H17FN2O/c15-10-3-4-11-12(9-2-1-5-16-8-9)7-14(18)17-13(11)6-10/h3-4,6,9,12,16H,1-2,5,7-8H2,(H,17,18). The summed E-state index contributed by atoms with van der Waals surface area (Å²) in [7, 11) is 0. The monoisotopic (exact) mass is 248 g/mol. The fraction of sp³-hybridized carbons (Fsp3) is 0.500. The number of halogens is 1. The lowest BCUT2D eigenvalue weighted by molar-refractivity contribution is -0.117. The highest BCUT2D eigenvalue weighted by Crippen LogP contribution is 2.39. The van der Waals surface area contributed by atoms with Crippen LogP contribution in [0, 0.1) is 11.7 Å². The average Bonchev–Trinajstić information content (AvgIpc) is 2.38. The van der Waals surface area contributed by atoms with E-state index >= 15 is 0 Å². The second-order valence-corrected chi connectivity index (χ2v) is 5.20. The lowest BCUT2D eigenvalue weighted by atomic mass is 9.77. The number of piperidine rings is 1. The normalized spacial score (nSPS) is 27.5. The first-order valence-corrected chi connectivity index (χ1v) is 6.54. The lowest BCUT2D eigenvalue weighted by Gasteiger charge is -2.34. The molecule has 1 fully saturated rings. The molecule has 0 radical (unpaired) electrons. The Bertz CT molecular complexity index is 469. The summed E-state index contributed by atoms with van der Waals surface area (Å²) in [5.41, 5.74) is 1.74. The number of hydrogen-bond acceptors (Lipinski definition) is 2. The van der Waals surface area contributed by atoms with E-state index < -0.39 is 0 Å². The molecule has 2 atom stereocenters. The molecule has 1 amide bonds. The highest BCUT2D eigenvalue weighted by Gasteiger charge is 2.32. The third kappa shape index (κ3) is 2.12. The second kappa shape index (κ2) is 4.69. The molecule has 1 aromatic carbocycles. The first kappa shape index (κ1) is 11.7. The number of carbonyl (C=O) groups excluding carboxylic acids is 1. The molecule has 0 bridgehead atoms. The minimum Gasteiger partial charge on any atom is -0.326 e. The van der Waals surface area contributed by atoms with Crippen molar-refractivity contribution in [3.8, 4) is 0 Å². The van der Waals surface area contributed by atoms with Crippen molar-refractivity contribution in [1.82, 2.24) is 5.32 Å². The van der Waals surface area contributed by atoms with Gasteiger partial charge in [0.25, 0.3) is 0 Å². The van der Waals surface area contributed by atoms with Crippen LogP contribution < -0.4 is 10.6 Å². The first-order chi connectivity index (χ1) is 8.74. The van der Waals surface area contributed by atoms with Crippen molar-refractivity contribution in [3.63, 3.8) is 0 Å². The van der Waals surface area contributed by atoms with Crippen molar-refractivity contribution >= 4 is 11.6 Å². The molecule has 2 unspecified atom stereocenters. The first-order valence-electron chi connectivity index (χ1n) is 6.54. The van der Waals surface area contributed by atoms with E-state index in [2.05, 4.69) is 10.6 Å². The van der Waals surface area contributed by atoms with Gasteiger partial charge in [0, 0.05) is 12.1 Å². The van der Waals surface area contributed by atoms with Crippen molar-refractivity contribution in [3.05, 3.63) is 29.6 Å². The molecule has 2 aliphatic rings. The maximum Gasteiger partial charge on any atom is 0.225 e. The van der Waals surface area contributed by atoms with Gasteiger partial charge in [-0.05, 0) is 55.5 Å². The maximum atomic E-state index is 13.2. The van der Waals surface area contributed by atoms with Crippen LogP contribution in [0.25, 0.3) is 0 Å². The van der Waals surface area contributed by atoms with Gasteiger partial charge >= 0.3 is 0 Å². The average molecular weight is 248 g/mol. The Kier molecular flexibility index (Phi) is 3.04. The predicted octanol–water partition coefficient (Wildman–Crippen LogP) is 2.25. The van der Waals surface area contributed by atoms with E-state index in [0.29, 0.717) is 18.0 Å². The van der Waals surface area contributed by atoms with Gasteiger partial charge in [0.15, 0.2) is 0 Å². The Morgan fingerprint density at radius 1 is 1.33 bits per heavy atom. The van der Waals surface area contributed by atoms with Gasteiger partial charge in [0.2, 0.25) is 5.91 Å². The molecule has 3 rings (SSSR count). The molecule has 1 aromatic rings. The van der Waals surface area contributed by atoms with Gasteiger partial charge in [0.05, 0.1) is 0 Å². The summed E-state index contributed by atoms with van der Waals surface area (Å²) < 4.78 is 13.2. The summed E-state index contributed by atoms with van der Waals surface area (Å²) in [6, 6.07) is 4.73. The van der Waals surface area contributed by atoms with Gasteiger partial charge in [-0.2, -0.15) is 0 Å². The molecule has 0 saturated carbocycles. The van der Waals surface area contributed by atoms with E-state index in [1.807, 2.05) is 6.07 Å². The molecule has 0 aliphatic carbocycles. The highest BCUT2D eigenvalue weighted by molar-refractivity contribution is 5.94. The molecule has 0 aromatic heterocycles. The van der Waals surface area contributed by atoms with Crippen molar-refractivity contribution < 1.29 is 9.18 Å². The van der Waals surface area contributed by atoms with E-state index in [9.17, 15) is 9.18 Å². The molecule has 3 nitrogen and oxygen atoms in total. The Morgan fingerprint density at radius 2 is 2.22 bits per heavy atom. The van der Waals surface area contributed by atoms with Crippen LogP contribution in [-0.4, -0.2) is 19.0 Å². The molecule has 1 saturated heterocycles. The lowest BCUT2D eigenvalue weighted by Crippen LogP contribution is -2.36. The van der Waals surface area contributed by atoms with Gasteiger partial charge in [-0.3, -0.25) is 4.79 Å². The molecular formula is C14H17FN2O. The van der Waals surface area contributed by atoms with Crippen molar-refractivity contribution in [1.29, 1.82) is 0 Å². The Hall–Kier alpha value is -1.42. The number of nitrogens with one attached hydrogen (secondary N) is 2. The molecule has 4 heteroatoms. The maximum absolute atomic E-state index is 13.2. The van der Waals surface area contributed by atoms with Gasteiger partial charge in [-0.15, -0.1) is 0 Å². The number of benzene rings is 1. The zero-order chi connectivity index (χ0) is 12.5. The molecule has 2 heterocycles. The van der Waals surface area contributed by atoms with Crippen LogP contribution in [0.4, 0.5) is 10.1 Å². The molecule has 18 heavy (non-hydrogen) atoms. The van der Waals surface area contributed by atoms with Gasteiger partial charge in [-0.1, -0.05) is 6.07 Å². The second-order valence-electron chi connectivity index (χ2n) is 5.20. The summed E-state index contributed by atoms with van der Waals surface area (Å²) in [5.74, 6) is 0.413. The fourth-order valence-electron chi connectivity index (χ4n) is 3.11. The van der Waals surface area contributed by atoms with Crippen LogP contribution in [0.2, 0.25) is 0 Å². The molecule has 2 N–H and O–H groups in total. The van der Waals surface area contributed by atoms with Crippen molar-refractivity contribution in [2.75, 3.05) is 18.4 Å². The Morgan fingerprint density at radius 3 is 3.00 bits per heavy atom. The number of hydrogen-bond donors (Lipinski definition) is 2. The number of amides is 1. The number of carbonyl (C=O) groups is 1. The van der Waals surface area contributed by atoms with Crippen LogP contribution in [0.15, 0.2) is 18.2 Å². The Balaban J connectivity index is 1.93. The minimum absolute atomic E-state index is 0.00340. The third-order valence-corrected chi connectivity index (χ3v) is 4.00. The number of fused-ring (bicyclic) bond motifs is 1. The van der Waals surface area contributed by atoms with E-state index in [0.717, 1.165) is 31.5 Å².